The number of rotatable bonds is 5. The zero-order valence-electron chi connectivity index (χ0n) is 10.8. The SMILES string of the molecule is CC(=O)Nc1c(C(=O)CCCO)cccc1C(F)(F)F. The van der Waals surface area contributed by atoms with Crippen LogP contribution in [0.5, 0.6) is 0 Å². The van der Waals surface area contributed by atoms with Gasteiger partial charge in [-0.25, -0.2) is 0 Å². The van der Waals surface area contributed by atoms with E-state index in [0.717, 1.165) is 19.1 Å². The van der Waals surface area contributed by atoms with Gasteiger partial charge in [0.2, 0.25) is 5.91 Å². The molecule has 0 aliphatic rings. The summed E-state index contributed by atoms with van der Waals surface area (Å²) in [6.45, 7) is 0.829. The second-order valence-corrected chi connectivity index (χ2v) is 4.16. The molecule has 0 bridgehead atoms. The molecule has 0 fully saturated rings. The third kappa shape index (κ3) is 4.06. The van der Waals surface area contributed by atoms with E-state index in [4.69, 9.17) is 5.11 Å². The molecule has 0 spiro atoms. The normalized spacial score (nSPS) is 11.2. The van der Waals surface area contributed by atoms with Gasteiger partial charge in [0.05, 0.1) is 11.3 Å². The van der Waals surface area contributed by atoms with Crippen LogP contribution in [-0.4, -0.2) is 23.4 Å². The molecule has 0 unspecified atom stereocenters. The van der Waals surface area contributed by atoms with Gasteiger partial charge in [-0.3, -0.25) is 9.59 Å². The van der Waals surface area contributed by atoms with Gasteiger partial charge in [0, 0.05) is 25.5 Å². The minimum absolute atomic E-state index is 0.0929. The lowest BCUT2D eigenvalue weighted by molar-refractivity contribution is -0.137. The number of Topliss-reactive ketones (excluding diaryl/α,β-unsaturated/α-hetero) is 1. The van der Waals surface area contributed by atoms with Crippen molar-refractivity contribution < 1.29 is 27.9 Å². The van der Waals surface area contributed by atoms with Crippen molar-refractivity contribution in [1.82, 2.24) is 0 Å². The van der Waals surface area contributed by atoms with E-state index in [9.17, 15) is 22.8 Å². The van der Waals surface area contributed by atoms with Crippen LogP contribution in [0.3, 0.4) is 0 Å². The summed E-state index contributed by atoms with van der Waals surface area (Å²) in [6, 6.07) is 3.13. The lowest BCUT2D eigenvalue weighted by Crippen LogP contribution is -2.17. The van der Waals surface area contributed by atoms with E-state index in [1.807, 2.05) is 0 Å². The fraction of sp³-hybridized carbons (Fsp3) is 0.385. The Morgan fingerprint density at radius 2 is 1.95 bits per heavy atom. The molecule has 20 heavy (non-hydrogen) atoms. The standard InChI is InChI=1S/C13H14F3NO3/c1-8(19)17-12-9(11(20)6-3-7-18)4-2-5-10(12)13(14,15)16/h2,4-5,18H,3,6-7H2,1H3,(H,17,19). The molecule has 2 N–H and O–H groups in total. The highest BCUT2D eigenvalue weighted by Gasteiger charge is 2.35. The van der Waals surface area contributed by atoms with Crippen LogP contribution in [-0.2, 0) is 11.0 Å². The van der Waals surface area contributed by atoms with Gasteiger partial charge in [-0.1, -0.05) is 6.07 Å². The molecule has 0 heterocycles. The molecular weight excluding hydrogens is 275 g/mol. The average molecular weight is 289 g/mol. The topological polar surface area (TPSA) is 66.4 Å². The number of ketones is 1. The molecule has 0 radical (unpaired) electrons. The molecule has 1 aromatic rings. The first-order valence-electron chi connectivity index (χ1n) is 5.89. The van der Waals surface area contributed by atoms with Gasteiger partial charge in [0.1, 0.15) is 0 Å². The van der Waals surface area contributed by atoms with E-state index in [1.54, 1.807) is 0 Å². The van der Waals surface area contributed by atoms with Crippen LogP contribution in [0.15, 0.2) is 18.2 Å². The van der Waals surface area contributed by atoms with Gasteiger partial charge in [0.25, 0.3) is 0 Å². The number of halogens is 3. The first kappa shape index (κ1) is 16.2. The zero-order valence-corrected chi connectivity index (χ0v) is 10.8. The smallest absolute Gasteiger partial charge is 0.396 e. The summed E-state index contributed by atoms with van der Waals surface area (Å²) in [6.07, 6.45) is -4.62. The number of alkyl halides is 3. The van der Waals surface area contributed by atoms with Crippen LogP contribution in [0.2, 0.25) is 0 Å². The number of carbonyl (C=O) groups is 2. The summed E-state index contributed by atoms with van der Waals surface area (Å²) in [7, 11) is 0. The Morgan fingerprint density at radius 3 is 2.45 bits per heavy atom. The molecule has 0 saturated carbocycles. The van der Waals surface area contributed by atoms with Gasteiger partial charge >= 0.3 is 6.18 Å². The van der Waals surface area contributed by atoms with Crippen LogP contribution in [0, 0.1) is 0 Å². The second-order valence-electron chi connectivity index (χ2n) is 4.16. The molecular formula is C13H14F3NO3. The summed E-state index contributed by atoms with van der Waals surface area (Å²) < 4.78 is 38.7. The summed E-state index contributed by atoms with van der Waals surface area (Å²) in [5, 5.41) is 10.7. The number of aliphatic hydroxyl groups excluding tert-OH is 1. The highest BCUT2D eigenvalue weighted by Crippen LogP contribution is 2.37. The van der Waals surface area contributed by atoms with E-state index in [1.165, 1.54) is 6.07 Å². The monoisotopic (exact) mass is 289 g/mol. The Balaban J connectivity index is 3.29. The minimum atomic E-state index is -4.68. The van der Waals surface area contributed by atoms with Gasteiger partial charge < -0.3 is 10.4 Å². The Labute approximate surface area is 113 Å². The number of anilines is 1. The highest BCUT2D eigenvalue weighted by molar-refractivity contribution is 6.05. The fourth-order valence-corrected chi connectivity index (χ4v) is 1.71. The van der Waals surface area contributed by atoms with Crippen molar-refractivity contribution in [3.63, 3.8) is 0 Å². The Kier molecular flexibility index (Phi) is 5.26. The fourth-order valence-electron chi connectivity index (χ4n) is 1.71. The Bertz CT molecular complexity index is 512. The summed E-state index contributed by atoms with van der Waals surface area (Å²) in [5.41, 5.74) is -1.80. The Hall–Kier alpha value is -1.89. The van der Waals surface area contributed by atoms with Gasteiger partial charge in [-0.2, -0.15) is 13.2 Å². The molecule has 0 aliphatic heterocycles. The first-order chi connectivity index (χ1) is 9.27. The quantitative estimate of drug-likeness (QED) is 0.819. The number of hydrogen-bond donors (Lipinski definition) is 2. The third-order valence-electron chi connectivity index (χ3n) is 2.53. The number of amides is 1. The molecule has 0 saturated heterocycles. The number of aliphatic hydroxyl groups is 1. The third-order valence-corrected chi connectivity index (χ3v) is 2.53. The van der Waals surface area contributed by atoms with Crippen LogP contribution in [0.25, 0.3) is 0 Å². The largest absolute Gasteiger partial charge is 0.418 e. The van der Waals surface area contributed by atoms with E-state index >= 15 is 0 Å². The van der Waals surface area contributed by atoms with Crippen molar-refractivity contribution in [3.05, 3.63) is 29.3 Å². The maximum atomic E-state index is 12.9. The summed E-state index contributed by atoms with van der Waals surface area (Å²) in [4.78, 5) is 22.9. The number of nitrogens with one attached hydrogen (secondary N) is 1. The van der Waals surface area contributed by atoms with Crippen molar-refractivity contribution in [2.24, 2.45) is 0 Å². The van der Waals surface area contributed by atoms with Crippen LogP contribution in [0.4, 0.5) is 18.9 Å². The first-order valence-corrected chi connectivity index (χ1v) is 5.89. The lowest BCUT2D eigenvalue weighted by atomic mass is 10.00. The van der Waals surface area contributed by atoms with Crippen molar-refractivity contribution in [2.45, 2.75) is 25.9 Å². The predicted molar refractivity (Wildman–Crippen MR) is 66.4 cm³/mol. The van der Waals surface area contributed by atoms with Crippen molar-refractivity contribution in [1.29, 1.82) is 0 Å². The van der Waals surface area contributed by atoms with Crippen LogP contribution >= 0.6 is 0 Å². The lowest BCUT2D eigenvalue weighted by Gasteiger charge is -2.16. The highest BCUT2D eigenvalue weighted by atomic mass is 19.4. The molecule has 1 aromatic carbocycles. The van der Waals surface area contributed by atoms with Crippen molar-refractivity contribution >= 4 is 17.4 Å². The summed E-state index contributed by atoms with van der Waals surface area (Å²) in [5.74, 6) is -1.26. The molecule has 0 atom stereocenters. The van der Waals surface area contributed by atoms with Crippen LogP contribution < -0.4 is 5.32 Å². The molecule has 7 heteroatoms. The van der Waals surface area contributed by atoms with E-state index in [2.05, 4.69) is 5.32 Å². The molecule has 0 aromatic heterocycles. The number of benzene rings is 1. The second kappa shape index (κ2) is 6.51. The zero-order chi connectivity index (χ0) is 15.3. The minimum Gasteiger partial charge on any atom is -0.396 e. The Morgan fingerprint density at radius 1 is 1.30 bits per heavy atom. The maximum Gasteiger partial charge on any atom is 0.418 e. The molecule has 110 valence electrons. The molecule has 0 aliphatic carbocycles. The molecule has 4 nitrogen and oxygen atoms in total. The number of carbonyl (C=O) groups excluding carboxylic acids is 2. The van der Waals surface area contributed by atoms with Crippen molar-refractivity contribution in [2.75, 3.05) is 11.9 Å². The van der Waals surface area contributed by atoms with Gasteiger partial charge in [-0.15, -0.1) is 0 Å². The van der Waals surface area contributed by atoms with Gasteiger partial charge in [-0.05, 0) is 18.6 Å². The van der Waals surface area contributed by atoms with E-state index < -0.39 is 29.1 Å². The van der Waals surface area contributed by atoms with E-state index in [-0.39, 0.29) is 25.0 Å². The van der Waals surface area contributed by atoms with Crippen molar-refractivity contribution in [3.8, 4) is 0 Å². The summed E-state index contributed by atoms with van der Waals surface area (Å²) >= 11 is 0. The molecule has 1 rings (SSSR count). The maximum absolute atomic E-state index is 12.9. The molecule has 1 amide bonds. The average Bonchev–Trinajstić information content (AvgIpc) is 2.34. The van der Waals surface area contributed by atoms with Gasteiger partial charge in [0.15, 0.2) is 5.78 Å². The number of para-hydroxylation sites is 1. The van der Waals surface area contributed by atoms with E-state index in [0.29, 0.717) is 0 Å². The van der Waals surface area contributed by atoms with Crippen LogP contribution in [0.1, 0.15) is 35.7 Å². The predicted octanol–water partition coefficient (Wildman–Crippen LogP) is 2.62. The number of hydrogen-bond acceptors (Lipinski definition) is 3.